The van der Waals surface area contributed by atoms with Gasteiger partial charge in [-0.15, -0.1) is 0 Å². The normalized spacial score (nSPS) is 29.2. The Morgan fingerprint density at radius 3 is 2.69 bits per heavy atom. The van der Waals surface area contributed by atoms with Crippen molar-refractivity contribution in [3.05, 3.63) is 24.3 Å². The van der Waals surface area contributed by atoms with Crippen LogP contribution in [0.1, 0.15) is 40.0 Å². The fourth-order valence-corrected chi connectivity index (χ4v) is 2.49. The van der Waals surface area contributed by atoms with Crippen LogP contribution in [0.25, 0.3) is 0 Å². The van der Waals surface area contributed by atoms with Gasteiger partial charge in [-0.1, -0.05) is 31.2 Å². The van der Waals surface area contributed by atoms with Gasteiger partial charge in [0.25, 0.3) is 0 Å². The molecule has 0 aromatic carbocycles. The smallest absolute Gasteiger partial charge is 0.306 e. The average molecular weight is 222 g/mol. The van der Waals surface area contributed by atoms with E-state index in [-0.39, 0.29) is 11.4 Å². The standard InChI is InChI=1S/C14H22O2/c1-6-16-13(15)9-14(5)8-7-12(10(2)3)11(14)4/h12H,2,4,6-9H2,1,3,5H3/t12-,14-/m0/s1. The summed E-state index contributed by atoms with van der Waals surface area (Å²) in [6.45, 7) is 14.6. The van der Waals surface area contributed by atoms with E-state index >= 15 is 0 Å². The molecule has 2 heteroatoms. The fraction of sp³-hybridized carbons (Fsp3) is 0.643. The highest BCUT2D eigenvalue weighted by Gasteiger charge is 2.40. The van der Waals surface area contributed by atoms with E-state index in [1.807, 2.05) is 13.8 Å². The zero-order valence-electron chi connectivity index (χ0n) is 10.6. The maximum atomic E-state index is 11.5. The van der Waals surface area contributed by atoms with Gasteiger partial charge in [0, 0.05) is 5.92 Å². The van der Waals surface area contributed by atoms with Crippen molar-refractivity contribution in [2.24, 2.45) is 11.3 Å². The summed E-state index contributed by atoms with van der Waals surface area (Å²) in [5.74, 6) is 0.257. The highest BCUT2D eigenvalue weighted by atomic mass is 16.5. The van der Waals surface area contributed by atoms with Gasteiger partial charge in [-0.25, -0.2) is 0 Å². The summed E-state index contributed by atoms with van der Waals surface area (Å²) in [6.07, 6.45) is 2.51. The largest absolute Gasteiger partial charge is 0.466 e. The van der Waals surface area contributed by atoms with Crippen molar-refractivity contribution >= 4 is 5.97 Å². The predicted octanol–water partition coefficient (Wildman–Crippen LogP) is 3.49. The van der Waals surface area contributed by atoms with Crippen molar-refractivity contribution < 1.29 is 9.53 Å². The molecule has 1 fully saturated rings. The molecule has 0 aromatic heterocycles. The van der Waals surface area contributed by atoms with E-state index in [1.165, 1.54) is 0 Å². The van der Waals surface area contributed by atoms with Gasteiger partial charge in [-0.2, -0.15) is 0 Å². The van der Waals surface area contributed by atoms with E-state index in [1.54, 1.807) is 0 Å². The second kappa shape index (κ2) is 4.86. The average Bonchev–Trinajstić information content (AvgIpc) is 2.43. The molecule has 1 saturated carbocycles. The number of hydrogen-bond acceptors (Lipinski definition) is 2. The molecule has 90 valence electrons. The first-order chi connectivity index (χ1) is 7.40. The Morgan fingerprint density at radius 1 is 1.62 bits per heavy atom. The lowest BCUT2D eigenvalue weighted by molar-refractivity contribution is -0.145. The number of esters is 1. The molecule has 1 rings (SSSR count). The van der Waals surface area contributed by atoms with Crippen LogP contribution in [0.2, 0.25) is 0 Å². The molecule has 2 atom stereocenters. The molecule has 0 bridgehead atoms. The SMILES string of the molecule is C=C(C)[C@@H]1CC[C@@](C)(CC(=O)OCC)C1=C. The molecule has 0 spiro atoms. The summed E-state index contributed by atoms with van der Waals surface area (Å²) in [4.78, 5) is 11.5. The third kappa shape index (κ3) is 2.55. The summed E-state index contributed by atoms with van der Waals surface area (Å²) in [7, 11) is 0. The molecule has 0 aliphatic heterocycles. The topological polar surface area (TPSA) is 26.3 Å². The van der Waals surface area contributed by atoms with Gasteiger partial charge < -0.3 is 4.74 Å². The lowest BCUT2D eigenvalue weighted by Gasteiger charge is -2.26. The van der Waals surface area contributed by atoms with Gasteiger partial charge in [0.1, 0.15) is 0 Å². The molecule has 0 heterocycles. The molecule has 2 nitrogen and oxygen atoms in total. The minimum absolute atomic E-state index is 0.101. The van der Waals surface area contributed by atoms with Crippen molar-refractivity contribution in [3.63, 3.8) is 0 Å². The number of rotatable bonds is 4. The number of allylic oxidation sites excluding steroid dienone is 2. The second-order valence-corrected chi connectivity index (χ2v) is 5.01. The van der Waals surface area contributed by atoms with Gasteiger partial charge in [0.2, 0.25) is 0 Å². The minimum Gasteiger partial charge on any atom is -0.466 e. The van der Waals surface area contributed by atoms with Crippen LogP contribution in [0, 0.1) is 11.3 Å². The number of hydrogen-bond donors (Lipinski definition) is 0. The molecular formula is C14H22O2. The maximum Gasteiger partial charge on any atom is 0.306 e. The number of ether oxygens (including phenoxy) is 1. The van der Waals surface area contributed by atoms with E-state index < -0.39 is 0 Å². The van der Waals surface area contributed by atoms with Crippen LogP contribution in [0.4, 0.5) is 0 Å². The lowest BCUT2D eigenvalue weighted by Crippen LogP contribution is -2.21. The highest BCUT2D eigenvalue weighted by molar-refractivity contribution is 5.71. The van der Waals surface area contributed by atoms with Gasteiger partial charge in [0.15, 0.2) is 0 Å². The molecule has 0 unspecified atom stereocenters. The Bertz CT molecular complexity index is 317. The molecule has 1 aliphatic rings. The Balaban J connectivity index is 2.69. The fourth-order valence-electron chi connectivity index (χ4n) is 2.49. The van der Waals surface area contributed by atoms with Crippen LogP contribution in [-0.4, -0.2) is 12.6 Å². The monoisotopic (exact) mass is 222 g/mol. The first kappa shape index (κ1) is 13.0. The molecule has 0 N–H and O–H groups in total. The molecular weight excluding hydrogens is 200 g/mol. The minimum atomic E-state index is -0.117. The van der Waals surface area contributed by atoms with Gasteiger partial charge in [0.05, 0.1) is 13.0 Å². The van der Waals surface area contributed by atoms with Crippen LogP contribution in [-0.2, 0) is 9.53 Å². The zero-order valence-corrected chi connectivity index (χ0v) is 10.6. The van der Waals surface area contributed by atoms with E-state index in [0.29, 0.717) is 18.9 Å². The van der Waals surface area contributed by atoms with Crippen molar-refractivity contribution in [2.45, 2.75) is 40.0 Å². The van der Waals surface area contributed by atoms with Crippen molar-refractivity contribution in [1.29, 1.82) is 0 Å². The first-order valence-electron chi connectivity index (χ1n) is 5.91. The molecule has 0 saturated heterocycles. The molecule has 0 radical (unpaired) electrons. The Kier molecular flexibility index (Phi) is 3.95. The van der Waals surface area contributed by atoms with E-state index in [2.05, 4.69) is 20.1 Å². The van der Waals surface area contributed by atoms with Gasteiger partial charge in [-0.05, 0) is 32.1 Å². The van der Waals surface area contributed by atoms with E-state index in [0.717, 1.165) is 24.0 Å². The third-order valence-electron chi connectivity index (χ3n) is 3.62. The molecule has 0 aromatic rings. The third-order valence-corrected chi connectivity index (χ3v) is 3.62. The number of carbonyl (C=O) groups excluding carboxylic acids is 1. The van der Waals surface area contributed by atoms with Crippen LogP contribution in [0.3, 0.4) is 0 Å². The Morgan fingerprint density at radius 2 is 2.25 bits per heavy atom. The predicted molar refractivity (Wildman–Crippen MR) is 66.0 cm³/mol. The van der Waals surface area contributed by atoms with Crippen molar-refractivity contribution in [1.82, 2.24) is 0 Å². The maximum absolute atomic E-state index is 11.5. The van der Waals surface area contributed by atoms with Crippen LogP contribution in [0.15, 0.2) is 24.3 Å². The van der Waals surface area contributed by atoms with E-state index in [9.17, 15) is 4.79 Å². The van der Waals surface area contributed by atoms with Crippen molar-refractivity contribution in [3.8, 4) is 0 Å². The highest BCUT2D eigenvalue weighted by Crippen LogP contribution is 2.50. The summed E-state index contributed by atoms with van der Waals surface area (Å²) in [6, 6.07) is 0. The van der Waals surface area contributed by atoms with E-state index in [4.69, 9.17) is 4.74 Å². The number of carbonyl (C=O) groups is 1. The zero-order chi connectivity index (χ0) is 12.3. The Hall–Kier alpha value is -1.05. The Labute approximate surface area is 98.4 Å². The van der Waals surface area contributed by atoms with Crippen LogP contribution in [0.5, 0.6) is 0 Å². The second-order valence-electron chi connectivity index (χ2n) is 5.01. The summed E-state index contributed by atoms with van der Waals surface area (Å²) >= 11 is 0. The summed E-state index contributed by atoms with van der Waals surface area (Å²) in [5.41, 5.74) is 2.20. The summed E-state index contributed by atoms with van der Waals surface area (Å²) < 4.78 is 5.01. The van der Waals surface area contributed by atoms with Crippen molar-refractivity contribution in [2.75, 3.05) is 6.61 Å². The summed E-state index contributed by atoms with van der Waals surface area (Å²) in [5, 5.41) is 0. The van der Waals surface area contributed by atoms with Crippen LogP contribution < -0.4 is 0 Å². The first-order valence-corrected chi connectivity index (χ1v) is 5.91. The molecule has 0 amide bonds. The lowest BCUT2D eigenvalue weighted by atomic mass is 9.79. The molecule has 1 aliphatic carbocycles. The van der Waals surface area contributed by atoms with Crippen LogP contribution >= 0.6 is 0 Å². The molecule has 16 heavy (non-hydrogen) atoms. The van der Waals surface area contributed by atoms with Gasteiger partial charge >= 0.3 is 5.97 Å². The van der Waals surface area contributed by atoms with Gasteiger partial charge in [-0.3, -0.25) is 4.79 Å². The quantitative estimate of drug-likeness (QED) is 0.537.